The van der Waals surface area contributed by atoms with Gasteiger partial charge in [0.2, 0.25) is 0 Å². The highest BCUT2D eigenvalue weighted by Crippen LogP contribution is 2.15. The van der Waals surface area contributed by atoms with Crippen LogP contribution in [-0.2, 0) is 6.54 Å². The van der Waals surface area contributed by atoms with Crippen LogP contribution >= 0.6 is 0 Å². The molecule has 118 valence electrons. The van der Waals surface area contributed by atoms with Crippen LogP contribution in [0.5, 0.6) is 0 Å². The largest absolute Gasteiger partial charge is 0.239 e. The van der Waals surface area contributed by atoms with Crippen molar-refractivity contribution in [3.8, 4) is 6.07 Å². The zero-order chi connectivity index (χ0) is 16.9. The van der Waals surface area contributed by atoms with E-state index in [0.29, 0.717) is 12.2 Å². The van der Waals surface area contributed by atoms with Crippen molar-refractivity contribution in [3.05, 3.63) is 82.2 Å². The molecule has 0 unspecified atom stereocenters. The van der Waals surface area contributed by atoms with Gasteiger partial charge in [-0.1, -0.05) is 65.4 Å². The zero-order valence-electron chi connectivity index (χ0n) is 13.8. The van der Waals surface area contributed by atoms with Gasteiger partial charge in [0.25, 0.3) is 0 Å². The van der Waals surface area contributed by atoms with Gasteiger partial charge in [-0.15, -0.1) is 5.10 Å². The van der Waals surface area contributed by atoms with Crippen LogP contribution in [0.1, 0.15) is 33.6 Å². The molecule has 0 spiro atoms. The lowest BCUT2D eigenvalue weighted by Gasteiger charge is -2.07. The number of aromatic nitrogens is 3. The van der Waals surface area contributed by atoms with Crippen molar-refractivity contribution in [2.45, 2.75) is 20.4 Å². The molecule has 0 aliphatic carbocycles. The molecule has 0 bridgehead atoms. The summed E-state index contributed by atoms with van der Waals surface area (Å²) in [6, 6.07) is 18.5. The van der Waals surface area contributed by atoms with Crippen molar-refractivity contribution in [2.75, 3.05) is 0 Å². The average molecular weight is 314 g/mol. The molecule has 0 radical (unpaired) electrons. The van der Waals surface area contributed by atoms with Gasteiger partial charge < -0.3 is 0 Å². The molecule has 4 nitrogen and oxygen atoms in total. The van der Waals surface area contributed by atoms with Crippen molar-refractivity contribution in [3.63, 3.8) is 0 Å². The Labute approximate surface area is 141 Å². The Kier molecular flexibility index (Phi) is 4.53. The predicted molar refractivity (Wildman–Crippen MR) is 95.1 cm³/mol. The van der Waals surface area contributed by atoms with Gasteiger partial charge in [0.15, 0.2) is 5.69 Å². The van der Waals surface area contributed by atoms with Crippen molar-refractivity contribution in [2.24, 2.45) is 0 Å². The monoisotopic (exact) mass is 314 g/mol. The van der Waals surface area contributed by atoms with E-state index < -0.39 is 0 Å². The molecular weight excluding hydrogens is 296 g/mol. The van der Waals surface area contributed by atoms with Crippen LogP contribution in [0.4, 0.5) is 0 Å². The van der Waals surface area contributed by atoms with Gasteiger partial charge in [-0.3, -0.25) is 0 Å². The number of nitriles is 1. The lowest BCUT2D eigenvalue weighted by molar-refractivity contribution is 0.643. The van der Waals surface area contributed by atoms with E-state index in [9.17, 15) is 5.26 Å². The lowest BCUT2D eigenvalue weighted by Crippen LogP contribution is -2.05. The molecule has 1 heterocycles. The highest BCUT2D eigenvalue weighted by Gasteiger charge is 2.11. The van der Waals surface area contributed by atoms with Crippen LogP contribution in [0.25, 0.3) is 12.2 Å². The van der Waals surface area contributed by atoms with Crippen molar-refractivity contribution in [1.29, 1.82) is 5.26 Å². The Hall–Kier alpha value is -3.19. The molecule has 0 saturated carbocycles. The molecule has 1 aromatic heterocycles. The molecule has 4 heteroatoms. The van der Waals surface area contributed by atoms with Crippen LogP contribution in [-0.4, -0.2) is 15.0 Å². The summed E-state index contributed by atoms with van der Waals surface area (Å²) in [5.41, 5.74) is 5.72. The van der Waals surface area contributed by atoms with E-state index in [2.05, 4.69) is 54.5 Å². The van der Waals surface area contributed by atoms with E-state index >= 15 is 0 Å². The Morgan fingerprint density at radius 2 is 1.79 bits per heavy atom. The Morgan fingerprint density at radius 3 is 2.50 bits per heavy atom. The Bertz CT molecular complexity index is 912. The summed E-state index contributed by atoms with van der Waals surface area (Å²) in [6.07, 6.45) is 3.88. The third-order valence-electron chi connectivity index (χ3n) is 3.97. The molecular formula is C20H18N4. The summed E-state index contributed by atoms with van der Waals surface area (Å²) in [6.45, 7) is 4.72. The molecule has 24 heavy (non-hydrogen) atoms. The fourth-order valence-corrected chi connectivity index (χ4v) is 2.48. The molecule has 0 amide bonds. The minimum atomic E-state index is 0.340. The number of aryl methyl sites for hydroxylation is 2. The quantitative estimate of drug-likeness (QED) is 0.732. The van der Waals surface area contributed by atoms with Crippen LogP contribution in [0.3, 0.4) is 0 Å². The Morgan fingerprint density at radius 1 is 1.04 bits per heavy atom. The van der Waals surface area contributed by atoms with E-state index in [1.807, 2.05) is 36.4 Å². The minimum Gasteiger partial charge on any atom is -0.239 e. The second-order valence-corrected chi connectivity index (χ2v) is 5.76. The van der Waals surface area contributed by atoms with Gasteiger partial charge in [0, 0.05) is 0 Å². The van der Waals surface area contributed by atoms with Gasteiger partial charge in [0.1, 0.15) is 6.07 Å². The summed E-state index contributed by atoms with van der Waals surface area (Å²) in [4.78, 5) is 0. The van der Waals surface area contributed by atoms with Gasteiger partial charge in [0.05, 0.1) is 12.2 Å². The minimum absolute atomic E-state index is 0.340. The standard InChI is InChI=1S/C20H18N4/c1-15-7-9-17(10-8-15)11-12-20-19(13-21)22-23-24(20)14-18-6-4-3-5-16(18)2/h3-12H,14H2,1-2H3/b12-11+. The van der Waals surface area contributed by atoms with Gasteiger partial charge >= 0.3 is 0 Å². The van der Waals surface area contributed by atoms with Crippen molar-refractivity contribution >= 4 is 12.2 Å². The number of hydrogen-bond acceptors (Lipinski definition) is 3. The third-order valence-corrected chi connectivity index (χ3v) is 3.97. The van der Waals surface area contributed by atoms with Gasteiger partial charge in [-0.05, 0) is 36.6 Å². The maximum Gasteiger partial charge on any atom is 0.190 e. The van der Waals surface area contributed by atoms with Crippen molar-refractivity contribution in [1.82, 2.24) is 15.0 Å². The summed E-state index contributed by atoms with van der Waals surface area (Å²) in [7, 11) is 0. The van der Waals surface area contributed by atoms with Crippen LogP contribution in [0.2, 0.25) is 0 Å². The first-order valence-corrected chi connectivity index (χ1v) is 7.80. The highest BCUT2D eigenvalue weighted by molar-refractivity contribution is 5.70. The summed E-state index contributed by atoms with van der Waals surface area (Å²) < 4.78 is 1.77. The molecule has 0 saturated heterocycles. The second-order valence-electron chi connectivity index (χ2n) is 5.76. The second kappa shape index (κ2) is 6.93. The SMILES string of the molecule is Cc1ccc(/C=C/c2c(C#N)nnn2Cc2ccccc2C)cc1. The van der Waals surface area contributed by atoms with E-state index in [1.165, 1.54) is 11.1 Å². The number of nitrogens with zero attached hydrogens (tertiary/aromatic N) is 4. The molecule has 2 aromatic carbocycles. The molecule has 0 N–H and O–H groups in total. The first-order valence-electron chi connectivity index (χ1n) is 7.80. The van der Waals surface area contributed by atoms with Crippen LogP contribution < -0.4 is 0 Å². The summed E-state index contributed by atoms with van der Waals surface area (Å²) in [5.74, 6) is 0. The maximum absolute atomic E-state index is 9.29. The average Bonchev–Trinajstić information content (AvgIpc) is 2.98. The number of rotatable bonds is 4. The summed E-state index contributed by atoms with van der Waals surface area (Å²) in [5, 5.41) is 17.4. The predicted octanol–water partition coefficient (Wildman–Crippen LogP) is 3.99. The normalized spacial score (nSPS) is 10.9. The molecule has 0 aliphatic rings. The number of hydrogen-bond donors (Lipinski definition) is 0. The maximum atomic E-state index is 9.29. The topological polar surface area (TPSA) is 54.5 Å². The summed E-state index contributed by atoms with van der Waals surface area (Å²) >= 11 is 0. The first-order chi connectivity index (χ1) is 11.7. The smallest absolute Gasteiger partial charge is 0.190 e. The van der Waals surface area contributed by atoms with Crippen molar-refractivity contribution < 1.29 is 0 Å². The lowest BCUT2D eigenvalue weighted by atomic mass is 10.1. The van der Waals surface area contributed by atoms with Gasteiger partial charge in [-0.2, -0.15) is 5.26 Å². The fraction of sp³-hybridized carbons (Fsp3) is 0.150. The third kappa shape index (κ3) is 3.41. The zero-order valence-corrected chi connectivity index (χ0v) is 13.8. The molecule has 0 fully saturated rings. The molecule has 3 rings (SSSR count). The van der Waals surface area contributed by atoms with E-state index in [-0.39, 0.29) is 0 Å². The van der Waals surface area contributed by atoms with Gasteiger partial charge in [-0.25, -0.2) is 4.68 Å². The fourth-order valence-electron chi connectivity index (χ4n) is 2.48. The van der Waals surface area contributed by atoms with E-state index in [4.69, 9.17) is 0 Å². The molecule has 0 aliphatic heterocycles. The highest BCUT2D eigenvalue weighted by atomic mass is 15.4. The van der Waals surface area contributed by atoms with Crippen LogP contribution in [0, 0.1) is 25.2 Å². The van der Waals surface area contributed by atoms with E-state index in [1.54, 1.807) is 4.68 Å². The van der Waals surface area contributed by atoms with Crippen LogP contribution in [0.15, 0.2) is 48.5 Å². The Balaban J connectivity index is 1.92. The molecule has 0 atom stereocenters. The molecule has 3 aromatic rings. The number of benzene rings is 2. The van der Waals surface area contributed by atoms with E-state index in [0.717, 1.165) is 16.8 Å². The first kappa shape index (κ1) is 15.7.